The van der Waals surface area contributed by atoms with Crippen LogP contribution in [0.5, 0.6) is 0 Å². The molecule has 1 aromatic heterocycles. The Bertz CT molecular complexity index is 823. The minimum Gasteiger partial charge on any atom is -0.452 e. The lowest BCUT2D eigenvalue weighted by atomic mass is 10.2. The van der Waals surface area contributed by atoms with Crippen molar-refractivity contribution >= 4 is 46.6 Å². The minimum atomic E-state index is -0.877. The van der Waals surface area contributed by atoms with Crippen LogP contribution in [0.15, 0.2) is 46.7 Å². The molecular formula is C19H20N2O4S2. The fourth-order valence-corrected chi connectivity index (χ4v) is 4.22. The molecule has 0 spiro atoms. The molecule has 142 valence electrons. The number of anilines is 1. The molecule has 2 aromatic rings. The molecule has 3 rings (SSSR count). The Morgan fingerprint density at radius 3 is 2.85 bits per heavy atom. The highest BCUT2D eigenvalue weighted by molar-refractivity contribution is 8.00. The summed E-state index contributed by atoms with van der Waals surface area (Å²) < 4.78 is 5.21. The second kappa shape index (κ2) is 9.05. The number of fused-ring (bicyclic) bond motifs is 1. The number of thioether (sulfide) groups is 1. The second-order valence-corrected chi connectivity index (χ2v) is 8.03. The van der Waals surface area contributed by atoms with Gasteiger partial charge in [0.05, 0.1) is 24.4 Å². The summed E-state index contributed by atoms with van der Waals surface area (Å²) in [5, 5.41) is 4.68. The first-order valence-corrected chi connectivity index (χ1v) is 10.4. The van der Waals surface area contributed by atoms with Crippen molar-refractivity contribution < 1.29 is 19.1 Å². The monoisotopic (exact) mass is 404 g/mol. The third kappa shape index (κ3) is 5.11. The highest BCUT2D eigenvalue weighted by Crippen LogP contribution is 2.34. The Balaban J connectivity index is 1.48. The normalized spacial score (nSPS) is 14.4. The number of nitrogens with zero attached hydrogens (tertiary/aromatic N) is 1. The van der Waals surface area contributed by atoms with E-state index >= 15 is 0 Å². The van der Waals surface area contributed by atoms with Gasteiger partial charge >= 0.3 is 5.97 Å². The van der Waals surface area contributed by atoms with Crippen LogP contribution in [0.3, 0.4) is 0 Å². The maximum Gasteiger partial charge on any atom is 0.308 e. The summed E-state index contributed by atoms with van der Waals surface area (Å²) in [4.78, 5) is 40.0. The van der Waals surface area contributed by atoms with Crippen LogP contribution in [-0.2, 0) is 25.7 Å². The molecule has 0 saturated heterocycles. The van der Waals surface area contributed by atoms with Gasteiger partial charge in [-0.3, -0.25) is 14.4 Å². The van der Waals surface area contributed by atoms with Crippen LogP contribution in [0.2, 0.25) is 0 Å². The van der Waals surface area contributed by atoms with E-state index in [1.807, 2.05) is 41.8 Å². The first kappa shape index (κ1) is 19.4. The molecule has 1 aliphatic heterocycles. The Kier molecular flexibility index (Phi) is 6.52. The van der Waals surface area contributed by atoms with Crippen LogP contribution in [-0.4, -0.2) is 36.2 Å². The third-order valence-electron chi connectivity index (χ3n) is 4.04. The van der Waals surface area contributed by atoms with Gasteiger partial charge in [0.2, 0.25) is 5.91 Å². The van der Waals surface area contributed by atoms with E-state index in [4.69, 9.17) is 4.74 Å². The van der Waals surface area contributed by atoms with Crippen LogP contribution < -0.4 is 10.2 Å². The van der Waals surface area contributed by atoms with Crippen molar-refractivity contribution in [3.05, 3.63) is 46.7 Å². The van der Waals surface area contributed by atoms with Gasteiger partial charge in [0.1, 0.15) is 0 Å². The van der Waals surface area contributed by atoms with Gasteiger partial charge in [-0.05, 0) is 30.5 Å². The second-order valence-electron chi connectivity index (χ2n) is 5.98. The first-order chi connectivity index (χ1) is 13.0. The highest BCUT2D eigenvalue weighted by atomic mass is 32.2. The predicted molar refractivity (Wildman–Crippen MR) is 106 cm³/mol. The number of rotatable bonds is 7. The summed E-state index contributed by atoms with van der Waals surface area (Å²) in [5.41, 5.74) is 0.813. The van der Waals surface area contributed by atoms with Gasteiger partial charge in [0.25, 0.3) is 5.91 Å². The summed E-state index contributed by atoms with van der Waals surface area (Å²) >= 11 is 3.04. The highest BCUT2D eigenvalue weighted by Gasteiger charge is 2.25. The fraction of sp³-hybridized carbons (Fsp3) is 0.316. The molecule has 1 N–H and O–H groups in total. The number of amides is 2. The van der Waals surface area contributed by atoms with Gasteiger partial charge in [-0.15, -0.1) is 23.1 Å². The molecule has 2 heterocycles. The zero-order valence-corrected chi connectivity index (χ0v) is 16.5. The molecule has 0 bridgehead atoms. The molecule has 0 aliphatic carbocycles. The van der Waals surface area contributed by atoms with Crippen molar-refractivity contribution in [1.29, 1.82) is 0 Å². The van der Waals surface area contributed by atoms with Gasteiger partial charge < -0.3 is 15.0 Å². The summed E-state index contributed by atoms with van der Waals surface area (Å²) in [5.74, 6) is -0.522. The number of hydrogen-bond acceptors (Lipinski definition) is 6. The summed E-state index contributed by atoms with van der Waals surface area (Å²) in [6.45, 7) is 2.19. The number of thiophene rings is 1. The van der Waals surface area contributed by atoms with E-state index in [-0.39, 0.29) is 24.8 Å². The fourth-order valence-electron chi connectivity index (χ4n) is 2.64. The first-order valence-electron chi connectivity index (χ1n) is 8.56. The third-order valence-corrected chi connectivity index (χ3v) is 5.97. The molecule has 1 aliphatic rings. The van der Waals surface area contributed by atoms with Crippen LogP contribution >= 0.6 is 23.1 Å². The van der Waals surface area contributed by atoms with Crippen LogP contribution in [0, 0.1) is 0 Å². The Labute approximate surface area is 165 Å². The van der Waals surface area contributed by atoms with E-state index in [9.17, 15) is 14.4 Å². The SMILES string of the molecule is C[C@@H](OC(=O)CCN1C(=O)CSc2ccccc21)C(=O)NCc1cccs1. The molecule has 0 radical (unpaired) electrons. The van der Waals surface area contributed by atoms with Gasteiger partial charge in [-0.2, -0.15) is 0 Å². The van der Waals surface area contributed by atoms with Gasteiger partial charge in [-0.1, -0.05) is 18.2 Å². The molecule has 27 heavy (non-hydrogen) atoms. The maximum absolute atomic E-state index is 12.2. The molecule has 0 saturated carbocycles. The molecule has 1 aromatic carbocycles. The maximum atomic E-state index is 12.2. The van der Waals surface area contributed by atoms with Gasteiger partial charge in [-0.25, -0.2) is 0 Å². The summed E-state index contributed by atoms with van der Waals surface area (Å²) in [6, 6.07) is 11.4. The largest absolute Gasteiger partial charge is 0.452 e. The molecule has 0 unspecified atom stereocenters. The number of ether oxygens (including phenoxy) is 1. The average Bonchev–Trinajstić information content (AvgIpc) is 3.18. The number of carbonyl (C=O) groups excluding carboxylic acids is 3. The molecule has 8 heteroatoms. The van der Waals surface area contributed by atoms with Crippen molar-refractivity contribution in [2.45, 2.75) is 30.9 Å². The lowest BCUT2D eigenvalue weighted by molar-refractivity contribution is -0.154. The minimum absolute atomic E-state index is 0.0340. The number of benzene rings is 1. The molecule has 0 fully saturated rings. The number of para-hydroxylation sites is 1. The zero-order chi connectivity index (χ0) is 19.2. The number of esters is 1. The number of carbonyl (C=O) groups is 3. The summed E-state index contributed by atoms with van der Waals surface area (Å²) in [6.07, 6.45) is -0.842. The van der Waals surface area contributed by atoms with Crippen LogP contribution in [0.4, 0.5) is 5.69 Å². The van der Waals surface area contributed by atoms with Crippen molar-refractivity contribution in [2.75, 3.05) is 17.2 Å². The Hall–Kier alpha value is -2.32. The quantitative estimate of drug-likeness (QED) is 0.718. The van der Waals surface area contributed by atoms with Crippen molar-refractivity contribution in [3.63, 3.8) is 0 Å². The van der Waals surface area contributed by atoms with E-state index in [2.05, 4.69) is 5.32 Å². The smallest absolute Gasteiger partial charge is 0.308 e. The lowest BCUT2D eigenvalue weighted by Crippen LogP contribution is -2.38. The molecule has 6 nitrogen and oxygen atoms in total. The van der Waals surface area contributed by atoms with Crippen molar-refractivity contribution in [2.24, 2.45) is 0 Å². The summed E-state index contributed by atoms with van der Waals surface area (Å²) in [7, 11) is 0. The van der Waals surface area contributed by atoms with E-state index in [0.717, 1.165) is 15.5 Å². The lowest BCUT2D eigenvalue weighted by Gasteiger charge is -2.28. The standard InChI is InChI=1S/C19H20N2O4S2/c1-13(19(24)20-11-14-5-4-10-26-14)25-18(23)8-9-21-15-6-2-3-7-16(15)27-12-17(21)22/h2-7,10,13H,8-9,11-12H2,1H3,(H,20,24)/t13-/m1/s1. The zero-order valence-electron chi connectivity index (χ0n) is 14.8. The molecule has 1 atom stereocenters. The number of nitrogens with one attached hydrogen (secondary N) is 1. The number of hydrogen-bond donors (Lipinski definition) is 1. The van der Waals surface area contributed by atoms with E-state index in [0.29, 0.717) is 12.3 Å². The van der Waals surface area contributed by atoms with E-state index in [1.165, 1.54) is 11.8 Å². The topological polar surface area (TPSA) is 75.7 Å². The predicted octanol–water partition coefficient (Wildman–Crippen LogP) is 2.83. The van der Waals surface area contributed by atoms with E-state index in [1.54, 1.807) is 23.2 Å². The van der Waals surface area contributed by atoms with E-state index < -0.39 is 12.1 Å². The van der Waals surface area contributed by atoms with Gasteiger partial charge in [0, 0.05) is 16.3 Å². The Morgan fingerprint density at radius 2 is 2.07 bits per heavy atom. The molecular weight excluding hydrogens is 384 g/mol. The Morgan fingerprint density at radius 1 is 1.26 bits per heavy atom. The van der Waals surface area contributed by atoms with Crippen LogP contribution in [0.25, 0.3) is 0 Å². The average molecular weight is 405 g/mol. The van der Waals surface area contributed by atoms with Crippen molar-refractivity contribution in [1.82, 2.24) is 5.32 Å². The molecule has 2 amide bonds. The van der Waals surface area contributed by atoms with Crippen molar-refractivity contribution in [3.8, 4) is 0 Å². The van der Waals surface area contributed by atoms with Crippen LogP contribution in [0.1, 0.15) is 18.2 Å². The van der Waals surface area contributed by atoms with Gasteiger partial charge in [0.15, 0.2) is 6.10 Å².